The summed E-state index contributed by atoms with van der Waals surface area (Å²) in [5, 5.41) is 11.7. The molecule has 0 atom stereocenters. The van der Waals surface area contributed by atoms with Crippen molar-refractivity contribution in [3.05, 3.63) is 0 Å². The fraction of sp³-hybridized carbons (Fsp3) is 0.500. The van der Waals surface area contributed by atoms with Crippen molar-refractivity contribution < 1.29 is 14.3 Å². The lowest BCUT2D eigenvalue weighted by Crippen LogP contribution is -2.34. The zero-order valence-corrected chi connectivity index (χ0v) is 8.71. The monoisotopic (exact) mass is 231 g/mol. The number of carbonyl (C=O) groups excluding carboxylic acids is 2. The average molecular weight is 231 g/mol. The quantitative estimate of drug-likeness (QED) is 0.684. The molecule has 1 heterocycles. The van der Waals surface area contributed by atoms with Gasteiger partial charge in [-0.05, 0) is 12.1 Å². The van der Waals surface area contributed by atoms with Crippen molar-refractivity contribution >= 4 is 28.7 Å². The molecule has 0 aliphatic rings. The molecule has 0 aliphatic carbocycles. The summed E-state index contributed by atoms with van der Waals surface area (Å²) < 4.78 is 8.05. The number of urea groups is 1. The van der Waals surface area contributed by atoms with Gasteiger partial charge in [-0.2, -0.15) is 0 Å². The molecular formula is C6H9N5O3S. The van der Waals surface area contributed by atoms with E-state index in [1.807, 2.05) is 0 Å². The molecule has 2 N–H and O–H groups in total. The van der Waals surface area contributed by atoms with Gasteiger partial charge in [0.15, 0.2) is 0 Å². The average Bonchev–Trinajstić information content (AvgIpc) is 2.68. The Hall–Kier alpha value is -1.77. The Bertz CT molecular complexity index is 328. The van der Waals surface area contributed by atoms with E-state index >= 15 is 0 Å². The molecule has 0 aromatic carbocycles. The summed E-state index contributed by atoms with van der Waals surface area (Å²) in [7, 11) is 0. The molecule has 1 aromatic rings. The van der Waals surface area contributed by atoms with Gasteiger partial charge in [-0.3, -0.25) is 10.1 Å². The molecular weight excluding hydrogens is 222 g/mol. The third-order valence-corrected chi connectivity index (χ3v) is 1.73. The molecule has 1 rings (SSSR count). The highest BCUT2D eigenvalue weighted by Crippen LogP contribution is 2.03. The Balaban J connectivity index is 2.22. The van der Waals surface area contributed by atoms with Crippen LogP contribution in [0.15, 0.2) is 0 Å². The number of hydrogen-bond donors (Lipinski definition) is 2. The Kier molecular flexibility index (Phi) is 4.41. The molecule has 0 radical (unpaired) electrons. The predicted octanol–water partition coefficient (Wildman–Crippen LogP) is -0.382. The molecule has 0 spiro atoms. The molecule has 2 amide bonds. The Morgan fingerprint density at radius 3 is 2.93 bits per heavy atom. The normalized spacial score (nSPS) is 9.40. The molecule has 82 valence electrons. The number of amides is 2. The van der Waals surface area contributed by atoms with Crippen LogP contribution < -0.4 is 10.6 Å². The zero-order chi connectivity index (χ0) is 11.1. The minimum Gasteiger partial charge on any atom is -0.465 e. The van der Waals surface area contributed by atoms with Crippen LogP contribution in [0.25, 0.3) is 0 Å². The first-order valence-corrected chi connectivity index (χ1v) is 4.85. The highest BCUT2D eigenvalue weighted by molar-refractivity contribution is 7.09. The first-order chi connectivity index (χ1) is 7.22. The predicted molar refractivity (Wildman–Crippen MR) is 51.4 cm³/mol. The van der Waals surface area contributed by atoms with E-state index in [2.05, 4.69) is 30.2 Å². The van der Waals surface area contributed by atoms with Gasteiger partial charge in [0.1, 0.15) is 6.54 Å². The number of carbonyl (C=O) groups is 2. The highest BCUT2D eigenvalue weighted by atomic mass is 32.1. The van der Waals surface area contributed by atoms with Gasteiger partial charge in [0.25, 0.3) is 0 Å². The third kappa shape index (κ3) is 4.31. The second-order valence-electron chi connectivity index (χ2n) is 2.28. The van der Waals surface area contributed by atoms with Crippen molar-refractivity contribution in [1.82, 2.24) is 20.1 Å². The number of esters is 1. The van der Waals surface area contributed by atoms with Gasteiger partial charge in [-0.25, -0.2) is 4.79 Å². The topological polar surface area (TPSA) is 106 Å². The number of hydrogen-bond acceptors (Lipinski definition) is 7. The van der Waals surface area contributed by atoms with Crippen LogP contribution in [-0.4, -0.2) is 40.0 Å². The first-order valence-electron chi connectivity index (χ1n) is 4.08. The second-order valence-corrected chi connectivity index (χ2v) is 3.01. The van der Waals surface area contributed by atoms with Crippen molar-refractivity contribution in [2.45, 2.75) is 6.92 Å². The number of nitrogens with zero attached hydrogens (tertiary/aromatic N) is 3. The summed E-state index contributed by atoms with van der Waals surface area (Å²) in [4.78, 5) is 21.9. The van der Waals surface area contributed by atoms with Crippen LogP contribution in [0.5, 0.6) is 0 Å². The fourth-order valence-electron chi connectivity index (χ4n) is 0.688. The Morgan fingerprint density at radius 1 is 1.53 bits per heavy atom. The highest BCUT2D eigenvalue weighted by Gasteiger charge is 2.07. The molecule has 15 heavy (non-hydrogen) atoms. The molecule has 0 fully saturated rings. The van der Waals surface area contributed by atoms with Crippen LogP contribution in [0.2, 0.25) is 0 Å². The third-order valence-electron chi connectivity index (χ3n) is 1.22. The molecule has 0 saturated carbocycles. The Morgan fingerprint density at radius 2 is 2.33 bits per heavy atom. The van der Waals surface area contributed by atoms with Crippen molar-refractivity contribution in [1.29, 1.82) is 0 Å². The van der Waals surface area contributed by atoms with Crippen LogP contribution in [0.1, 0.15) is 6.92 Å². The summed E-state index contributed by atoms with van der Waals surface area (Å²) in [6.07, 6.45) is 0. The summed E-state index contributed by atoms with van der Waals surface area (Å²) in [5.74, 6) is -0.497. The van der Waals surface area contributed by atoms with Gasteiger partial charge in [0, 0.05) is 11.5 Å². The minimum atomic E-state index is -0.554. The van der Waals surface area contributed by atoms with Crippen LogP contribution in [0, 0.1) is 0 Å². The van der Waals surface area contributed by atoms with Crippen molar-refractivity contribution in [2.75, 3.05) is 18.5 Å². The first kappa shape index (κ1) is 11.3. The second kappa shape index (κ2) is 5.86. The molecule has 9 heteroatoms. The van der Waals surface area contributed by atoms with Gasteiger partial charge in [-0.15, -0.1) is 0 Å². The summed E-state index contributed by atoms with van der Waals surface area (Å²) in [6.45, 7) is 1.78. The molecule has 1 aromatic heterocycles. The van der Waals surface area contributed by atoms with E-state index in [1.54, 1.807) is 6.92 Å². The lowest BCUT2D eigenvalue weighted by molar-refractivity contribution is -0.141. The van der Waals surface area contributed by atoms with E-state index in [-0.39, 0.29) is 18.3 Å². The number of anilines is 1. The smallest absolute Gasteiger partial charge is 0.325 e. The van der Waals surface area contributed by atoms with E-state index in [0.717, 1.165) is 11.5 Å². The fourth-order valence-corrected chi connectivity index (χ4v) is 1.05. The van der Waals surface area contributed by atoms with E-state index in [9.17, 15) is 9.59 Å². The number of aromatic nitrogens is 3. The summed E-state index contributed by atoms with van der Waals surface area (Å²) in [5.41, 5.74) is 0. The molecule has 0 unspecified atom stereocenters. The van der Waals surface area contributed by atoms with Crippen LogP contribution in [0.4, 0.5) is 9.93 Å². The Labute approximate surface area is 89.2 Å². The maximum atomic E-state index is 11.1. The van der Waals surface area contributed by atoms with Gasteiger partial charge in [-0.1, -0.05) is 9.59 Å². The van der Waals surface area contributed by atoms with E-state index in [0.29, 0.717) is 0 Å². The molecule has 0 saturated heterocycles. The molecule has 0 bridgehead atoms. The standard InChI is InChI=1S/C6H9N5O3S/c1-2-14-4(12)3-7-5(13)8-6-9-10-11-15-6/h2-3H2,1H3,(H2,7,8,9,11,13). The summed E-state index contributed by atoms with van der Waals surface area (Å²) >= 11 is 0.935. The van der Waals surface area contributed by atoms with Gasteiger partial charge >= 0.3 is 12.0 Å². The minimum absolute atomic E-state index is 0.189. The van der Waals surface area contributed by atoms with Crippen molar-refractivity contribution in [3.8, 4) is 0 Å². The van der Waals surface area contributed by atoms with Gasteiger partial charge < -0.3 is 10.1 Å². The van der Waals surface area contributed by atoms with Gasteiger partial charge in [0.05, 0.1) is 6.61 Å². The SMILES string of the molecule is CCOC(=O)CNC(=O)Nc1nnns1. The number of nitrogens with one attached hydrogen (secondary N) is 2. The molecule has 8 nitrogen and oxygen atoms in total. The van der Waals surface area contributed by atoms with E-state index < -0.39 is 12.0 Å². The van der Waals surface area contributed by atoms with Crippen LogP contribution in [0.3, 0.4) is 0 Å². The number of ether oxygens (including phenoxy) is 1. The lowest BCUT2D eigenvalue weighted by Gasteiger charge is -2.03. The van der Waals surface area contributed by atoms with Crippen molar-refractivity contribution in [2.24, 2.45) is 0 Å². The molecule has 0 aliphatic heterocycles. The van der Waals surface area contributed by atoms with E-state index in [1.165, 1.54) is 0 Å². The van der Waals surface area contributed by atoms with Crippen LogP contribution in [-0.2, 0) is 9.53 Å². The number of rotatable bonds is 4. The summed E-state index contributed by atoms with van der Waals surface area (Å²) in [6, 6.07) is -0.554. The maximum Gasteiger partial charge on any atom is 0.325 e. The van der Waals surface area contributed by atoms with Crippen LogP contribution >= 0.6 is 11.5 Å². The largest absolute Gasteiger partial charge is 0.465 e. The van der Waals surface area contributed by atoms with E-state index in [4.69, 9.17) is 0 Å². The maximum absolute atomic E-state index is 11.1. The lowest BCUT2D eigenvalue weighted by atomic mass is 10.6. The zero-order valence-electron chi connectivity index (χ0n) is 7.89. The van der Waals surface area contributed by atoms with Gasteiger partial charge in [0.2, 0.25) is 5.13 Å². The van der Waals surface area contributed by atoms with Crippen molar-refractivity contribution in [3.63, 3.8) is 0 Å².